The van der Waals surface area contributed by atoms with Gasteiger partial charge in [0.25, 0.3) is 11.1 Å². The Balaban J connectivity index is 1.45. The van der Waals surface area contributed by atoms with Crippen molar-refractivity contribution in [2.75, 3.05) is 14.2 Å². The molecule has 3 aromatic rings. The Morgan fingerprint density at radius 3 is 2.51 bits per heavy atom. The van der Waals surface area contributed by atoms with Crippen LogP contribution in [0.3, 0.4) is 0 Å². The van der Waals surface area contributed by atoms with Crippen molar-refractivity contribution in [1.82, 2.24) is 4.90 Å². The third-order valence-corrected chi connectivity index (χ3v) is 6.15. The number of rotatable bonds is 8. The molecule has 1 fully saturated rings. The molecule has 2 amide bonds. The molecule has 0 saturated carbocycles. The first-order chi connectivity index (χ1) is 16.9. The van der Waals surface area contributed by atoms with E-state index in [0.717, 1.165) is 22.9 Å². The summed E-state index contributed by atoms with van der Waals surface area (Å²) in [5, 5.41) is -0.307. The average Bonchev–Trinajstić information content (AvgIpc) is 3.44. The van der Waals surface area contributed by atoms with Gasteiger partial charge >= 0.3 is 5.97 Å². The van der Waals surface area contributed by atoms with E-state index >= 15 is 0 Å². The third-order valence-electron chi connectivity index (χ3n) is 5.24. The molecule has 8 nitrogen and oxygen atoms in total. The number of hydrogen-bond donors (Lipinski definition) is 0. The number of hydrogen-bond acceptors (Lipinski definition) is 8. The smallest absolute Gasteiger partial charge is 0.373 e. The van der Waals surface area contributed by atoms with Gasteiger partial charge in [-0.3, -0.25) is 14.5 Å². The lowest BCUT2D eigenvalue weighted by atomic mass is 10.1. The summed E-state index contributed by atoms with van der Waals surface area (Å²) in [5.41, 5.74) is 2.68. The van der Waals surface area contributed by atoms with E-state index in [4.69, 9.17) is 13.9 Å². The van der Waals surface area contributed by atoms with Crippen molar-refractivity contribution < 1.29 is 33.0 Å². The number of aryl methyl sites for hydroxylation is 1. The molecule has 4 rings (SSSR count). The molecule has 0 unspecified atom stereocenters. The Hall–Kier alpha value is -3.98. The Labute approximate surface area is 206 Å². The van der Waals surface area contributed by atoms with Crippen molar-refractivity contribution in [3.63, 3.8) is 0 Å². The van der Waals surface area contributed by atoms with E-state index in [2.05, 4.69) is 4.74 Å². The predicted octanol–water partition coefficient (Wildman–Crippen LogP) is 5.20. The van der Waals surface area contributed by atoms with Crippen LogP contribution in [0.5, 0.6) is 11.5 Å². The van der Waals surface area contributed by atoms with E-state index in [0.29, 0.717) is 27.7 Å². The van der Waals surface area contributed by atoms with Crippen LogP contribution in [0.25, 0.3) is 6.08 Å². The number of benzene rings is 2. The van der Waals surface area contributed by atoms with Gasteiger partial charge in [0.2, 0.25) is 5.76 Å². The molecule has 0 atom stereocenters. The number of carbonyl (C=O) groups is 3. The van der Waals surface area contributed by atoms with Crippen LogP contribution in [0, 0.1) is 6.92 Å². The zero-order valence-electron chi connectivity index (χ0n) is 19.4. The van der Waals surface area contributed by atoms with Gasteiger partial charge in [-0.2, -0.15) is 0 Å². The van der Waals surface area contributed by atoms with E-state index in [1.54, 1.807) is 30.3 Å². The molecule has 0 bridgehead atoms. The summed E-state index contributed by atoms with van der Waals surface area (Å²) in [6, 6.07) is 16.0. The minimum atomic E-state index is -0.568. The fourth-order valence-corrected chi connectivity index (χ4v) is 4.21. The highest BCUT2D eigenvalue weighted by Crippen LogP contribution is 2.35. The van der Waals surface area contributed by atoms with Crippen LogP contribution in [-0.2, 0) is 22.7 Å². The van der Waals surface area contributed by atoms with E-state index in [1.165, 1.54) is 25.2 Å². The van der Waals surface area contributed by atoms with Gasteiger partial charge in [0, 0.05) is 0 Å². The maximum absolute atomic E-state index is 12.9. The second-order valence-electron chi connectivity index (χ2n) is 7.71. The molecule has 2 aromatic carbocycles. The fraction of sp³-hybridized carbons (Fsp3) is 0.192. The van der Waals surface area contributed by atoms with Crippen LogP contribution in [0.2, 0.25) is 0 Å². The Kier molecular flexibility index (Phi) is 7.26. The Bertz CT molecular complexity index is 1290. The molecule has 0 aliphatic carbocycles. The monoisotopic (exact) mass is 493 g/mol. The highest BCUT2D eigenvalue weighted by Gasteiger charge is 2.35. The van der Waals surface area contributed by atoms with Crippen molar-refractivity contribution in [2.45, 2.75) is 20.1 Å². The quantitative estimate of drug-likeness (QED) is 0.312. The summed E-state index contributed by atoms with van der Waals surface area (Å²) >= 11 is 0.907. The van der Waals surface area contributed by atoms with Gasteiger partial charge in [-0.25, -0.2) is 4.79 Å². The number of furan rings is 1. The number of imide groups is 1. The van der Waals surface area contributed by atoms with Crippen LogP contribution in [0.4, 0.5) is 4.79 Å². The number of methoxy groups -OCH3 is 2. The van der Waals surface area contributed by atoms with Crippen LogP contribution in [0.1, 0.15) is 33.0 Å². The molecule has 2 heterocycles. The van der Waals surface area contributed by atoms with Crippen LogP contribution in [0.15, 0.2) is 63.9 Å². The zero-order valence-corrected chi connectivity index (χ0v) is 20.2. The van der Waals surface area contributed by atoms with Crippen molar-refractivity contribution in [3.8, 4) is 11.5 Å². The van der Waals surface area contributed by atoms with Gasteiger partial charge < -0.3 is 18.6 Å². The second kappa shape index (κ2) is 10.5. The second-order valence-corrected chi connectivity index (χ2v) is 8.70. The molecule has 1 saturated heterocycles. The first kappa shape index (κ1) is 24.2. The normalized spacial score (nSPS) is 14.5. The molecule has 180 valence electrons. The lowest BCUT2D eigenvalue weighted by molar-refractivity contribution is -0.123. The van der Waals surface area contributed by atoms with Gasteiger partial charge in [-0.15, -0.1) is 0 Å². The highest BCUT2D eigenvalue weighted by atomic mass is 32.2. The number of ether oxygens (including phenoxy) is 3. The van der Waals surface area contributed by atoms with Crippen molar-refractivity contribution in [2.24, 2.45) is 0 Å². The van der Waals surface area contributed by atoms with E-state index in [9.17, 15) is 14.4 Å². The maximum Gasteiger partial charge on any atom is 0.373 e. The lowest BCUT2D eigenvalue weighted by Gasteiger charge is -2.12. The number of nitrogens with zero attached hydrogens (tertiary/aromatic N) is 1. The van der Waals surface area contributed by atoms with Crippen LogP contribution in [-0.4, -0.2) is 36.2 Å². The molecule has 0 spiro atoms. The van der Waals surface area contributed by atoms with Gasteiger partial charge in [0.15, 0.2) is 11.5 Å². The summed E-state index contributed by atoms with van der Waals surface area (Å²) in [6.07, 6.45) is 1.65. The first-order valence-electron chi connectivity index (χ1n) is 10.7. The van der Waals surface area contributed by atoms with Gasteiger partial charge in [0.1, 0.15) is 12.4 Å². The van der Waals surface area contributed by atoms with Crippen molar-refractivity contribution >= 4 is 35.0 Å². The van der Waals surface area contributed by atoms with Crippen molar-refractivity contribution in [1.29, 1.82) is 0 Å². The SMILES string of the molecule is COC(=O)c1ccc(COc2ccc(C=C3SC(=O)N(Cc4ccc(C)cc4)C3=O)cc2OC)o1. The van der Waals surface area contributed by atoms with Gasteiger partial charge in [0.05, 0.1) is 25.7 Å². The summed E-state index contributed by atoms with van der Waals surface area (Å²) < 4.78 is 21.2. The number of carbonyl (C=O) groups excluding carboxylic acids is 3. The molecular weight excluding hydrogens is 470 g/mol. The standard InChI is InChI=1S/C26H23NO7S/c1-16-4-6-17(7-5-16)14-27-24(28)23(35-26(27)30)13-18-8-10-20(22(12-18)31-2)33-15-19-9-11-21(34-19)25(29)32-3/h4-13H,14-15H2,1-3H3. The molecule has 35 heavy (non-hydrogen) atoms. The van der Waals surface area contributed by atoms with Crippen LogP contribution < -0.4 is 9.47 Å². The topological polar surface area (TPSA) is 95.3 Å². The fourth-order valence-electron chi connectivity index (χ4n) is 3.37. The minimum Gasteiger partial charge on any atom is -0.493 e. The molecular formula is C26H23NO7S. The summed E-state index contributed by atoms with van der Waals surface area (Å²) in [4.78, 5) is 38.4. The van der Waals surface area contributed by atoms with E-state index in [-0.39, 0.29) is 30.1 Å². The summed E-state index contributed by atoms with van der Waals surface area (Å²) in [5.74, 6) is 0.523. The number of thioether (sulfide) groups is 1. The molecule has 1 aromatic heterocycles. The average molecular weight is 494 g/mol. The lowest BCUT2D eigenvalue weighted by Crippen LogP contribution is -2.27. The molecule has 0 N–H and O–H groups in total. The largest absolute Gasteiger partial charge is 0.493 e. The molecule has 1 aliphatic heterocycles. The van der Waals surface area contributed by atoms with Crippen molar-refractivity contribution in [3.05, 3.63) is 87.7 Å². The predicted molar refractivity (Wildman–Crippen MR) is 130 cm³/mol. The van der Waals surface area contributed by atoms with Gasteiger partial charge in [-0.05, 0) is 60.2 Å². The van der Waals surface area contributed by atoms with Crippen LogP contribution >= 0.6 is 11.8 Å². The number of amides is 2. The molecule has 9 heteroatoms. The third kappa shape index (κ3) is 5.58. The van der Waals surface area contributed by atoms with E-state index in [1.807, 2.05) is 31.2 Å². The minimum absolute atomic E-state index is 0.0740. The van der Waals surface area contributed by atoms with E-state index < -0.39 is 5.97 Å². The maximum atomic E-state index is 12.9. The molecule has 0 radical (unpaired) electrons. The summed E-state index contributed by atoms with van der Waals surface area (Å²) in [6.45, 7) is 2.28. The summed E-state index contributed by atoms with van der Waals surface area (Å²) in [7, 11) is 2.78. The first-order valence-corrected chi connectivity index (χ1v) is 11.5. The zero-order chi connectivity index (χ0) is 24.9. The Morgan fingerprint density at radius 2 is 1.80 bits per heavy atom. The number of esters is 1. The highest BCUT2D eigenvalue weighted by molar-refractivity contribution is 8.18. The van der Waals surface area contributed by atoms with Gasteiger partial charge in [-0.1, -0.05) is 35.9 Å². The Morgan fingerprint density at radius 1 is 1.03 bits per heavy atom. The molecule has 1 aliphatic rings.